The Morgan fingerprint density at radius 2 is 1.23 bits per heavy atom. The molecule has 0 bridgehead atoms. The first-order valence-corrected chi connectivity index (χ1v) is 7.08. The molecule has 104 valence electrons. The summed E-state index contributed by atoms with van der Waals surface area (Å²) in [5.74, 6) is 6.29. The van der Waals surface area contributed by atoms with E-state index < -0.39 is 0 Å². The van der Waals surface area contributed by atoms with Crippen LogP contribution in [0.15, 0.2) is 78.9 Å². The molecule has 3 aromatic rings. The molecular weight excluding hydrogens is 268 g/mol. The van der Waals surface area contributed by atoms with E-state index in [1.54, 1.807) is 0 Å². The van der Waals surface area contributed by atoms with Crippen molar-refractivity contribution < 1.29 is 4.79 Å². The largest absolute Gasteiger partial charge is 0.298 e. The van der Waals surface area contributed by atoms with E-state index in [4.69, 9.17) is 0 Å². The van der Waals surface area contributed by atoms with Crippen LogP contribution in [0.1, 0.15) is 21.5 Å². The van der Waals surface area contributed by atoms with Crippen LogP contribution in [-0.4, -0.2) is 6.29 Å². The molecule has 22 heavy (non-hydrogen) atoms. The molecule has 1 nitrogen and oxygen atoms in total. The van der Waals surface area contributed by atoms with Crippen LogP contribution in [0.5, 0.6) is 0 Å². The Bertz CT molecular complexity index is 834. The average Bonchev–Trinajstić information content (AvgIpc) is 2.61. The summed E-state index contributed by atoms with van der Waals surface area (Å²) in [4.78, 5) is 11.1. The third kappa shape index (κ3) is 3.13. The van der Waals surface area contributed by atoms with Crippen LogP contribution in [-0.2, 0) is 0 Å². The number of carbonyl (C=O) groups is 1. The first kappa shape index (κ1) is 13.9. The first-order valence-electron chi connectivity index (χ1n) is 7.08. The Hall–Kier alpha value is -3.11. The molecule has 1 heteroatoms. The zero-order valence-electron chi connectivity index (χ0n) is 12.0. The summed E-state index contributed by atoms with van der Waals surface area (Å²) in [5, 5.41) is 0. The van der Waals surface area contributed by atoms with Gasteiger partial charge in [-0.3, -0.25) is 4.79 Å². The molecule has 0 aromatic heterocycles. The van der Waals surface area contributed by atoms with Gasteiger partial charge in [-0.05, 0) is 35.4 Å². The average molecular weight is 282 g/mol. The van der Waals surface area contributed by atoms with E-state index >= 15 is 0 Å². The molecule has 0 saturated heterocycles. The van der Waals surface area contributed by atoms with Gasteiger partial charge in [0.25, 0.3) is 0 Å². The van der Waals surface area contributed by atoms with Gasteiger partial charge in [-0.1, -0.05) is 66.4 Å². The molecule has 0 saturated carbocycles. The lowest BCUT2D eigenvalue weighted by Crippen LogP contribution is -1.87. The lowest BCUT2D eigenvalue weighted by atomic mass is 9.99. The first-order chi connectivity index (χ1) is 10.9. The van der Waals surface area contributed by atoms with Crippen LogP contribution in [0, 0.1) is 11.8 Å². The Balaban J connectivity index is 1.88. The topological polar surface area (TPSA) is 17.1 Å². The predicted octanol–water partition coefficient (Wildman–Crippen LogP) is 4.57. The summed E-state index contributed by atoms with van der Waals surface area (Å²) < 4.78 is 0. The SMILES string of the molecule is O=Cc1ccccc1-c1ccc(C#Cc2ccccc2)cc1. The highest BCUT2D eigenvalue weighted by Crippen LogP contribution is 2.22. The van der Waals surface area contributed by atoms with Gasteiger partial charge in [-0.2, -0.15) is 0 Å². The summed E-state index contributed by atoms with van der Waals surface area (Å²) in [6, 6.07) is 25.4. The summed E-state index contributed by atoms with van der Waals surface area (Å²) in [5.41, 5.74) is 4.62. The lowest BCUT2D eigenvalue weighted by molar-refractivity contribution is 0.112. The molecule has 0 radical (unpaired) electrons. The van der Waals surface area contributed by atoms with Gasteiger partial charge in [0.2, 0.25) is 0 Å². The van der Waals surface area contributed by atoms with Gasteiger partial charge in [0.15, 0.2) is 6.29 Å². The summed E-state index contributed by atoms with van der Waals surface area (Å²) in [6.07, 6.45) is 0.887. The van der Waals surface area contributed by atoms with Crippen molar-refractivity contribution in [3.63, 3.8) is 0 Å². The molecule has 0 amide bonds. The van der Waals surface area contributed by atoms with E-state index in [1.165, 1.54) is 0 Å². The fourth-order valence-electron chi connectivity index (χ4n) is 2.26. The number of aldehydes is 1. The number of benzene rings is 3. The highest BCUT2D eigenvalue weighted by atomic mass is 16.1. The summed E-state index contributed by atoms with van der Waals surface area (Å²) in [7, 11) is 0. The van der Waals surface area contributed by atoms with Crippen LogP contribution in [0.25, 0.3) is 11.1 Å². The van der Waals surface area contributed by atoms with Crippen molar-refractivity contribution >= 4 is 6.29 Å². The van der Waals surface area contributed by atoms with Crippen LogP contribution in [0.4, 0.5) is 0 Å². The molecule has 0 spiro atoms. The van der Waals surface area contributed by atoms with E-state index in [1.807, 2.05) is 78.9 Å². The normalized spacial score (nSPS) is 9.64. The highest BCUT2D eigenvalue weighted by molar-refractivity contribution is 5.87. The van der Waals surface area contributed by atoms with E-state index in [2.05, 4.69) is 11.8 Å². The Morgan fingerprint density at radius 1 is 0.636 bits per heavy atom. The molecule has 0 unspecified atom stereocenters. The molecule has 3 rings (SSSR count). The highest BCUT2D eigenvalue weighted by Gasteiger charge is 2.02. The van der Waals surface area contributed by atoms with Crippen molar-refractivity contribution in [3.05, 3.63) is 95.6 Å². The van der Waals surface area contributed by atoms with Gasteiger partial charge < -0.3 is 0 Å². The van der Waals surface area contributed by atoms with Crippen molar-refractivity contribution in [2.45, 2.75) is 0 Å². The summed E-state index contributed by atoms with van der Waals surface area (Å²) >= 11 is 0. The minimum absolute atomic E-state index is 0.700. The van der Waals surface area contributed by atoms with Crippen LogP contribution in [0.3, 0.4) is 0 Å². The molecule has 0 atom stereocenters. The van der Waals surface area contributed by atoms with Gasteiger partial charge in [-0.25, -0.2) is 0 Å². The molecule has 0 fully saturated rings. The fraction of sp³-hybridized carbons (Fsp3) is 0. The standard InChI is InChI=1S/C21H14O/c22-16-20-8-4-5-9-21(20)19-14-12-18(13-15-19)11-10-17-6-2-1-3-7-17/h1-9,12-16H. The molecule has 0 aliphatic rings. The smallest absolute Gasteiger partial charge is 0.150 e. The van der Waals surface area contributed by atoms with Gasteiger partial charge in [0.05, 0.1) is 0 Å². The Labute approximate surface area is 130 Å². The van der Waals surface area contributed by atoms with Gasteiger partial charge >= 0.3 is 0 Å². The molecule has 0 N–H and O–H groups in total. The Morgan fingerprint density at radius 3 is 1.91 bits per heavy atom. The third-order valence-corrected chi connectivity index (χ3v) is 3.41. The van der Waals surface area contributed by atoms with Crippen LogP contribution >= 0.6 is 0 Å². The molecule has 0 aliphatic heterocycles. The fourth-order valence-corrected chi connectivity index (χ4v) is 2.26. The molecular formula is C21H14O. The zero-order chi connectivity index (χ0) is 15.2. The maximum Gasteiger partial charge on any atom is 0.150 e. The molecule has 3 aromatic carbocycles. The van der Waals surface area contributed by atoms with Crippen molar-refractivity contribution in [1.29, 1.82) is 0 Å². The Kier molecular flexibility index (Phi) is 4.13. The van der Waals surface area contributed by atoms with Crippen molar-refractivity contribution in [2.75, 3.05) is 0 Å². The van der Waals surface area contributed by atoms with Gasteiger partial charge in [0.1, 0.15) is 0 Å². The number of carbonyl (C=O) groups excluding carboxylic acids is 1. The molecule has 0 aliphatic carbocycles. The van der Waals surface area contributed by atoms with E-state index in [0.717, 1.165) is 28.5 Å². The minimum atomic E-state index is 0.700. The van der Waals surface area contributed by atoms with Crippen LogP contribution < -0.4 is 0 Å². The van der Waals surface area contributed by atoms with Crippen molar-refractivity contribution in [2.24, 2.45) is 0 Å². The third-order valence-electron chi connectivity index (χ3n) is 3.41. The van der Waals surface area contributed by atoms with E-state index in [-0.39, 0.29) is 0 Å². The number of rotatable bonds is 2. The molecule has 0 heterocycles. The van der Waals surface area contributed by atoms with Gasteiger partial charge in [0, 0.05) is 16.7 Å². The van der Waals surface area contributed by atoms with E-state index in [9.17, 15) is 4.79 Å². The maximum atomic E-state index is 11.1. The second-order valence-electron chi connectivity index (χ2n) is 4.90. The second-order valence-corrected chi connectivity index (χ2v) is 4.90. The monoisotopic (exact) mass is 282 g/mol. The van der Waals surface area contributed by atoms with Crippen molar-refractivity contribution in [1.82, 2.24) is 0 Å². The van der Waals surface area contributed by atoms with Gasteiger partial charge in [-0.15, -0.1) is 0 Å². The zero-order valence-corrected chi connectivity index (χ0v) is 12.0. The predicted molar refractivity (Wildman–Crippen MR) is 89.7 cm³/mol. The second kappa shape index (κ2) is 6.56. The summed E-state index contributed by atoms with van der Waals surface area (Å²) in [6.45, 7) is 0. The number of hydrogen-bond acceptors (Lipinski definition) is 1. The number of hydrogen-bond donors (Lipinski definition) is 0. The quantitative estimate of drug-likeness (QED) is 0.497. The van der Waals surface area contributed by atoms with Crippen molar-refractivity contribution in [3.8, 4) is 23.0 Å². The lowest BCUT2D eigenvalue weighted by Gasteiger charge is -2.04. The maximum absolute atomic E-state index is 11.1. The van der Waals surface area contributed by atoms with Crippen LogP contribution in [0.2, 0.25) is 0 Å². The minimum Gasteiger partial charge on any atom is -0.298 e. The van der Waals surface area contributed by atoms with E-state index in [0.29, 0.717) is 5.56 Å².